The van der Waals surface area contributed by atoms with Crippen molar-refractivity contribution in [3.8, 4) is 45.6 Å². The van der Waals surface area contributed by atoms with Gasteiger partial charge in [-0.15, -0.1) is 0 Å². The van der Waals surface area contributed by atoms with Crippen LogP contribution < -0.4 is 9.47 Å². The van der Waals surface area contributed by atoms with Crippen LogP contribution in [0.25, 0.3) is 11.1 Å². The Kier molecular flexibility index (Phi) is 6.85. The molecular weight excluding hydrogens is 592 g/mol. The van der Waals surface area contributed by atoms with Crippen molar-refractivity contribution in [1.29, 1.82) is 0 Å². The monoisotopic (exact) mass is 638 g/mol. The first-order valence-corrected chi connectivity index (χ1v) is 18.7. The highest BCUT2D eigenvalue weighted by atomic mass is 16.5. The molecule has 0 aliphatic heterocycles. The molecule has 4 heteroatoms. The Balaban J connectivity index is 1.11. The van der Waals surface area contributed by atoms with Gasteiger partial charge < -0.3 is 19.7 Å². The average molecular weight is 639 g/mol. The lowest BCUT2D eigenvalue weighted by molar-refractivity contribution is -0.00287. The molecule has 246 valence electrons. The molecule has 0 atom stereocenters. The third-order valence-corrected chi connectivity index (χ3v) is 13.6. The molecule has 8 aliphatic carbocycles. The average Bonchev–Trinajstić information content (AvgIpc) is 3.05. The minimum atomic E-state index is 0.191. The molecule has 0 amide bonds. The van der Waals surface area contributed by atoms with Crippen LogP contribution in [0.4, 0.5) is 0 Å². The summed E-state index contributed by atoms with van der Waals surface area (Å²) in [4.78, 5) is 0. The molecule has 0 spiro atoms. The predicted octanol–water partition coefficient (Wildman–Crippen LogP) is 11.4. The molecular formula is C44H46O4. The lowest BCUT2D eigenvalue weighted by Gasteiger charge is -2.55. The van der Waals surface area contributed by atoms with Crippen LogP contribution in [-0.4, -0.2) is 10.2 Å². The summed E-state index contributed by atoms with van der Waals surface area (Å²) in [6.07, 6.45) is 13.9. The zero-order valence-corrected chi connectivity index (χ0v) is 27.6. The second kappa shape index (κ2) is 11.3. The van der Waals surface area contributed by atoms with Gasteiger partial charge in [0.25, 0.3) is 0 Å². The molecule has 4 aromatic carbocycles. The van der Waals surface area contributed by atoms with E-state index in [4.69, 9.17) is 9.47 Å². The second-order valence-corrected chi connectivity index (χ2v) is 16.6. The molecule has 4 nitrogen and oxygen atoms in total. The summed E-state index contributed by atoms with van der Waals surface area (Å²) in [6, 6.07) is 28.1. The smallest absolute Gasteiger partial charge is 0.135 e. The maximum absolute atomic E-state index is 10.3. The first-order valence-electron chi connectivity index (χ1n) is 18.7. The maximum Gasteiger partial charge on any atom is 0.135 e. The Morgan fingerprint density at radius 2 is 0.792 bits per heavy atom. The van der Waals surface area contributed by atoms with Crippen LogP contribution in [-0.2, 0) is 0 Å². The first kappa shape index (κ1) is 29.0. The molecule has 8 saturated carbocycles. The summed E-state index contributed by atoms with van der Waals surface area (Å²) < 4.78 is 13.3. The summed E-state index contributed by atoms with van der Waals surface area (Å²) in [5.74, 6) is 11.1. The Bertz CT molecular complexity index is 1670. The lowest BCUT2D eigenvalue weighted by Crippen LogP contribution is -2.43. The molecule has 8 fully saturated rings. The summed E-state index contributed by atoms with van der Waals surface area (Å²) in [5.41, 5.74) is 4.96. The van der Waals surface area contributed by atoms with Crippen molar-refractivity contribution in [1.82, 2.24) is 0 Å². The zero-order valence-electron chi connectivity index (χ0n) is 27.6. The van der Waals surface area contributed by atoms with Gasteiger partial charge in [0.1, 0.15) is 34.5 Å². The van der Waals surface area contributed by atoms with Crippen LogP contribution in [0.1, 0.15) is 87.2 Å². The number of aromatic hydroxyl groups is 2. The molecule has 2 N–H and O–H groups in total. The van der Waals surface area contributed by atoms with Gasteiger partial charge in [0, 0.05) is 23.3 Å². The fourth-order valence-corrected chi connectivity index (χ4v) is 12.4. The minimum Gasteiger partial charge on any atom is -0.508 e. The molecule has 48 heavy (non-hydrogen) atoms. The van der Waals surface area contributed by atoms with E-state index in [-0.39, 0.29) is 11.5 Å². The van der Waals surface area contributed by atoms with E-state index in [2.05, 4.69) is 36.4 Å². The highest BCUT2D eigenvalue weighted by molar-refractivity contribution is 5.78. The minimum absolute atomic E-state index is 0.191. The fraction of sp³-hybridized carbons (Fsp3) is 0.455. The van der Waals surface area contributed by atoms with Gasteiger partial charge in [-0.1, -0.05) is 24.3 Å². The number of phenols is 2. The van der Waals surface area contributed by atoms with Crippen molar-refractivity contribution in [2.45, 2.75) is 76.0 Å². The number of benzene rings is 4. The van der Waals surface area contributed by atoms with Gasteiger partial charge in [0.15, 0.2) is 0 Å². The third kappa shape index (κ3) is 5.09. The SMILES string of the molecule is Oc1cccc(Oc2ccc(C3C4CC5CC(C4)CC3C5)cc2-c2cc(C3C4CC5CC(C4)CC3C5)ccc2Oc2cccc(O)c2)c1. The summed E-state index contributed by atoms with van der Waals surface area (Å²) >= 11 is 0. The highest BCUT2D eigenvalue weighted by Gasteiger charge is 2.50. The zero-order chi connectivity index (χ0) is 31.9. The Morgan fingerprint density at radius 1 is 0.417 bits per heavy atom. The maximum atomic E-state index is 10.3. The van der Waals surface area contributed by atoms with Gasteiger partial charge in [-0.05, 0) is 183 Å². The Hall–Kier alpha value is -3.92. The van der Waals surface area contributed by atoms with Crippen molar-refractivity contribution in [2.24, 2.45) is 47.3 Å². The number of rotatable bonds is 7. The van der Waals surface area contributed by atoms with Crippen LogP contribution >= 0.6 is 0 Å². The van der Waals surface area contributed by atoms with Crippen molar-refractivity contribution >= 4 is 0 Å². The van der Waals surface area contributed by atoms with Gasteiger partial charge in [0.2, 0.25) is 0 Å². The number of ether oxygens (including phenoxy) is 2. The van der Waals surface area contributed by atoms with Gasteiger partial charge in [-0.2, -0.15) is 0 Å². The van der Waals surface area contributed by atoms with Crippen molar-refractivity contribution in [3.05, 3.63) is 96.1 Å². The highest BCUT2D eigenvalue weighted by Crippen LogP contribution is 2.62. The molecule has 0 radical (unpaired) electrons. The van der Waals surface area contributed by atoms with Crippen molar-refractivity contribution < 1.29 is 19.7 Å². The Morgan fingerprint density at radius 3 is 1.15 bits per heavy atom. The van der Waals surface area contributed by atoms with Crippen LogP contribution in [0, 0.1) is 47.3 Å². The molecule has 8 aliphatic rings. The van der Waals surface area contributed by atoms with E-state index >= 15 is 0 Å². The standard InChI is InChI=1S/C44H46O4/c45-35-3-1-5-37(23-35)47-41-9-7-29(43-31-13-25-11-26(15-31)16-32(43)14-25)21-39(41)40-22-30(8-10-42(40)48-38-6-2-4-36(46)24-38)44-33-17-27-12-28(19-33)20-34(44)18-27/h1-10,21-28,31-34,43-46H,11-20H2. The molecule has 12 rings (SSSR count). The number of phenolic OH excluding ortho intramolecular Hbond substituents is 2. The molecule has 8 bridgehead atoms. The quantitative estimate of drug-likeness (QED) is 0.211. The third-order valence-electron chi connectivity index (χ3n) is 13.6. The molecule has 0 unspecified atom stereocenters. The van der Waals surface area contributed by atoms with Gasteiger partial charge in [-0.3, -0.25) is 0 Å². The van der Waals surface area contributed by atoms with Crippen molar-refractivity contribution in [2.75, 3.05) is 0 Å². The van der Waals surface area contributed by atoms with E-state index in [1.807, 2.05) is 24.3 Å². The predicted molar refractivity (Wildman–Crippen MR) is 188 cm³/mol. The molecule has 0 saturated heterocycles. The van der Waals surface area contributed by atoms with E-state index in [1.165, 1.54) is 75.3 Å². The molecule has 0 aromatic heterocycles. The number of hydrogen-bond acceptors (Lipinski definition) is 4. The normalized spacial score (nSPS) is 34.0. The summed E-state index contributed by atoms with van der Waals surface area (Å²) in [6.45, 7) is 0. The Labute approximate surface area is 284 Å². The van der Waals surface area contributed by atoms with E-state index in [9.17, 15) is 10.2 Å². The van der Waals surface area contributed by atoms with Gasteiger partial charge in [0.05, 0.1) is 0 Å². The lowest BCUT2D eigenvalue weighted by atomic mass is 9.50. The van der Waals surface area contributed by atoms with E-state index < -0.39 is 0 Å². The summed E-state index contributed by atoms with van der Waals surface area (Å²) in [7, 11) is 0. The number of hydrogen-bond donors (Lipinski definition) is 2. The largest absolute Gasteiger partial charge is 0.508 e. The van der Waals surface area contributed by atoms with E-state index in [0.717, 1.165) is 70.0 Å². The van der Waals surface area contributed by atoms with Crippen LogP contribution in [0.3, 0.4) is 0 Å². The fourth-order valence-electron chi connectivity index (χ4n) is 12.4. The van der Waals surface area contributed by atoms with Crippen LogP contribution in [0.15, 0.2) is 84.9 Å². The topological polar surface area (TPSA) is 58.9 Å². The van der Waals surface area contributed by atoms with Crippen LogP contribution in [0.5, 0.6) is 34.5 Å². The second-order valence-electron chi connectivity index (χ2n) is 16.6. The van der Waals surface area contributed by atoms with Crippen LogP contribution in [0.2, 0.25) is 0 Å². The van der Waals surface area contributed by atoms with E-state index in [0.29, 0.717) is 23.3 Å². The van der Waals surface area contributed by atoms with Gasteiger partial charge >= 0.3 is 0 Å². The molecule has 0 heterocycles. The summed E-state index contributed by atoms with van der Waals surface area (Å²) in [5, 5.41) is 20.6. The first-order chi connectivity index (χ1) is 23.5. The van der Waals surface area contributed by atoms with Crippen molar-refractivity contribution in [3.63, 3.8) is 0 Å². The molecule has 4 aromatic rings. The van der Waals surface area contributed by atoms with Gasteiger partial charge in [-0.25, -0.2) is 0 Å². The van der Waals surface area contributed by atoms with E-state index in [1.54, 1.807) is 24.3 Å².